The number of benzene rings is 2. The Hall–Kier alpha value is -3.09. The summed E-state index contributed by atoms with van der Waals surface area (Å²) < 4.78 is 43.3. The fourth-order valence-corrected chi connectivity index (χ4v) is 2.52. The van der Waals surface area contributed by atoms with Crippen LogP contribution in [0.4, 0.5) is 18.9 Å². The molecule has 0 saturated heterocycles. The van der Waals surface area contributed by atoms with Gasteiger partial charge in [-0.2, -0.15) is 13.2 Å². The summed E-state index contributed by atoms with van der Waals surface area (Å²) in [7, 11) is 0. The molecule has 1 aromatic heterocycles. The summed E-state index contributed by atoms with van der Waals surface area (Å²) in [6, 6.07) is 11.6. The molecule has 0 spiro atoms. The average Bonchev–Trinajstić information content (AvgIpc) is 2.62. The second kappa shape index (κ2) is 7.03. The maximum Gasteiger partial charge on any atom is 0.416 e. The van der Waals surface area contributed by atoms with Crippen molar-refractivity contribution in [3.05, 3.63) is 65.9 Å². The molecule has 3 aromatic rings. The van der Waals surface area contributed by atoms with Gasteiger partial charge in [0.2, 0.25) is 0 Å². The topological polar surface area (TPSA) is 51.2 Å². The highest BCUT2D eigenvalue weighted by Crippen LogP contribution is 2.31. The third-order valence-electron chi connectivity index (χ3n) is 3.78. The number of alkyl halides is 3. The lowest BCUT2D eigenvalue weighted by atomic mass is 10.1. The number of carbonyl (C=O) groups is 1. The van der Waals surface area contributed by atoms with Crippen LogP contribution in [0.5, 0.6) is 5.75 Å². The van der Waals surface area contributed by atoms with Gasteiger partial charge in [-0.1, -0.05) is 12.1 Å². The summed E-state index contributed by atoms with van der Waals surface area (Å²) in [4.78, 5) is 16.4. The number of carbonyl (C=O) groups excluding carboxylic acids is 1. The van der Waals surface area contributed by atoms with E-state index in [1.165, 1.54) is 12.1 Å². The zero-order valence-corrected chi connectivity index (χ0v) is 13.8. The fraction of sp³-hybridized carbons (Fsp3) is 0.158. The van der Waals surface area contributed by atoms with Gasteiger partial charge in [0.25, 0.3) is 5.91 Å². The molecule has 7 heteroatoms. The van der Waals surface area contributed by atoms with Gasteiger partial charge in [0.1, 0.15) is 5.75 Å². The highest BCUT2D eigenvalue weighted by Gasteiger charge is 2.30. The molecular formula is C19H15F3N2O2. The minimum atomic E-state index is -4.46. The molecule has 0 bridgehead atoms. The number of rotatable bonds is 4. The largest absolute Gasteiger partial charge is 0.484 e. The maximum atomic E-state index is 12.7. The van der Waals surface area contributed by atoms with Crippen LogP contribution in [-0.2, 0) is 11.0 Å². The molecule has 3 rings (SSSR count). The van der Waals surface area contributed by atoms with E-state index in [0.29, 0.717) is 5.69 Å². The van der Waals surface area contributed by atoms with E-state index in [1.54, 1.807) is 18.3 Å². The number of halogens is 3. The summed E-state index contributed by atoms with van der Waals surface area (Å²) in [6.45, 7) is 1.51. The molecule has 0 radical (unpaired) electrons. The van der Waals surface area contributed by atoms with Crippen molar-refractivity contribution >= 4 is 22.5 Å². The van der Waals surface area contributed by atoms with Gasteiger partial charge < -0.3 is 10.1 Å². The number of aryl methyl sites for hydroxylation is 1. The standard InChI is InChI=1S/C19H15F3N2O2/c1-12-7-8-16(15-6-3-9-23-18(12)15)24-17(25)11-26-14-5-2-4-13(10-14)19(20,21)22/h2-10H,11H2,1H3,(H,24,25). The molecule has 0 aliphatic carbocycles. The monoisotopic (exact) mass is 360 g/mol. The molecule has 0 atom stereocenters. The van der Waals surface area contributed by atoms with Gasteiger partial charge in [0.15, 0.2) is 6.61 Å². The minimum absolute atomic E-state index is 0.0228. The minimum Gasteiger partial charge on any atom is -0.484 e. The number of nitrogens with one attached hydrogen (secondary N) is 1. The van der Waals surface area contributed by atoms with Crippen LogP contribution in [0, 0.1) is 6.92 Å². The predicted octanol–water partition coefficient (Wildman–Crippen LogP) is 4.58. The number of pyridine rings is 1. The summed E-state index contributed by atoms with van der Waals surface area (Å²) in [5.41, 5.74) is 1.48. The number of hydrogen-bond acceptors (Lipinski definition) is 3. The zero-order valence-electron chi connectivity index (χ0n) is 13.8. The van der Waals surface area contributed by atoms with E-state index in [4.69, 9.17) is 4.74 Å². The molecule has 0 saturated carbocycles. The molecule has 1 amide bonds. The molecule has 0 aliphatic heterocycles. The van der Waals surface area contributed by atoms with Crippen LogP contribution in [0.25, 0.3) is 10.9 Å². The molecule has 1 heterocycles. The van der Waals surface area contributed by atoms with Crippen molar-refractivity contribution in [3.8, 4) is 5.75 Å². The van der Waals surface area contributed by atoms with Crippen molar-refractivity contribution in [1.82, 2.24) is 4.98 Å². The van der Waals surface area contributed by atoms with Gasteiger partial charge in [-0.3, -0.25) is 9.78 Å². The molecule has 1 N–H and O–H groups in total. The summed E-state index contributed by atoms with van der Waals surface area (Å²) in [5.74, 6) is -0.498. The van der Waals surface area contributed by atoms with Gasteiger partial charge in [0, 0.05) is 11.6 Å². The first-order valence-corrected chi connectivity index (χ1v) is 7.79. The SMILES string of the molecule is Cc1ccc(NC(=O)COc2cccc(C(F)(F)F)c2)c2cccnc12. The van der Waals surface area contributed by atoms with Gasteiger partial charge in [0.05, 0.1) is 16.8 Å². The van der Waals surface area contributed by atoms with Gasteiger partial charge in [-0.15, -0.1) is 0 Å². The first-order valence-electron chi connectivity index (χ1n) is 7.79. The summed E-state index contributed by atoms with van der Waals surface area (Å²) in [5, 5.41) is 3.48. The summed E-state index contributed by atoms with van der Waals surface area (Å²) in [6.07, 6.45) is -2.80. The lowest BCUT2D eigenvalue weighted by molar-refractivity contribution is -0.137. The Morgan fingerprint density at radius 2 is 1.96 bits per heavy atom. The first-order chi connectivity index (χ1) is 12.3. The first kappa shape index (κ1) is 17.7. The predicted molar refractivity (Wildman–Crippen MR) is 92.0 cm³/mol. The number of hydrogen-bond donors (Lipinski definition) is 1. The van der Waals surface area contributed by atoms with E-state index in [1.807, 2.05) is 19.1 Å². The number of anilines is 1. The lowest BCUT2D eigenvalue weighted by Crippen LogP contribution is -2.20. The smallest absolute Gasteiger partial charge is 0.416 e. The van der Waals surface area contributed by atoms with Gasteiger partial charge in [-0.05, 0) is 48.9 Å². The van der Waals surface area contributed by atoms with Crippen LogP contribution >= 0.6 is 0 Å². The molecule has 0 aliphatic rings. The van der Waals surface area contributed by atoms with Crippen LogP contribution in [0.15, 0.2) is 54.7 Å². The van der Waals surface area contributed by atoms with Crippen LogP contribution in [0.3, 0.4) is 0 Å². The molecular weight excluding hydrogens is 345 g/mol. The number of aromatic nitrogens is 1. The van der Waals surface area contributed by atoms with Gasteiger partial charge >= 0.3 is 6.18 Å². The van der Waals surface area contributed by atoms with Gasteiger partial charge in [-0.25, -0.2) is 0 Å². The van der Waals surface area contributed by atoms with Crippen molar-refractivity contribution in [3.63, 3.8) is 0 Å². The number of ether oxygens (including phenoxy) is 1. The Labute approximate surface area is 147 Å². The zero-order chi connectivity index (χ0) is 18.7. The number of amides is 1. The molecule has 0 fully saturated rings. The molecule has 0 unspecified atom stereocenters. The van der Waals surface area contributed by atoms with Crippen molar-refractivity contribution in [2.24, 2.45) is 0 Å². The van der Waals surface area contributed by atoms with Crippen molar-refractivity contribution in [1.29, 1.82) is 0 Å². The average molecular weight is 360 g/mol. The molecule has 4 nitrogen and oxygen atoms in total. The Morgan fingerprint density at radius 1 is 1.15 bits per heavy atom. The highest BCUT2D eigenvalue weighted by atomic mass is 19.4. The number of nitrogens with zero attached hydrogens (tertiary/aromatic N) is 1. The van der Waals surface area contributed by atoms with E-state index in [9.17, 15) is 18.0 Å². The van der Waals surface area contributed by atoms with E-state index in [0.717, 1.165) is 28.6 Å². The second-order valence-corrected chi connectivity index (χ2v) is 5.69. The van der Waals surface area contributed by atoms with E-state index in [2.05, 4.69) is 10.3 Å². The second-order valence-electron chi connectivity index (χ2n) is 5.69. The normalized spacial score (nSPS) is 11.4. The van der Waals surface area contributed by atoms with Crippen LogP contribution < -0.4 is 10.1 Å². The van der Waals surface area contributed by atoms with Crippen molar-refractivity contribution < 1.29 is 22.7 Å². The molecule has 134 valence electrons. The third-order valence-corrected chi connectivity index (χ3v) is 3.78. The third kappa shape index (κ3) is 3.93. The van der Waals surface area contributed by atoms with E-state index < -0.39 is 24.3 Å². The molecule has 26 heavy (non-hydrogen) atoms. The lowest BCUT2D eigenvalue weighted by Gasteiger charge is -2.12. The van der Waals surface area contributed by atoms with E-state index >= 15 is 0 Å². The molecule has 2 aromatic carbocycles. The quantitative estimate of drug-likeness (QED) is 0.741. The van der Waals surface area contributed by atoms with E-state index in [-0.39, 0.29) is 5.75 Å². The Bertz CT molecular complexity index is 955. The summed E-state index contributed by atoms with van der Waals surface area (Å²) >= 11 is 0. The Morgan fingerprint density at radius 3 is 2.73 bits per heavy atom. The van der Waals surface area contributed by atoms with Crippen LogP contribution in [0.1, 0.15) is 11.1 Å². The highest BCUT2D eigenvalue weighted by molar-refractivity contribution is 6.02. The van der Waals surface area contributed by atoms with Crippen LogP contribution in [0.2, 0.25) is 0 Å². The fourth-order valence-electron chi connectivity index (χ4n) is 2.52. The Kier molecular flexibility index (Phi) is 4.79. The van der Waals surface area contributed by atoms with Crippen molar-refractivity contribution in [2.75, 3.05) is 11.9 Å². The Balaban J connectivity index is 1.70. The maximum absolute atomic E-state index is 12.7. The van der Waals surface area contributed by atoms with Crippen molar-refractivity contribution in [2.45, 2.75) is 13.1 Å². The van der Waals surface area contributed by atoms with Crippen LogP contribution in [-0.4, -0.2) is 17.5 Å². The number of fused-ring (bicyclic) bond motifs is 1.